The van der Waals surface area contributed by atoms with Gasteiger partial charge in [-0.05, 0) is 30.9 Å². The molecule has 0 aliphatic rings. The maximum absolute atomic E-state index is 2.49. The second-order valence-electron chi connectivity index (χ2n) is 8.46. The van der Waals surface area contributed by atoms with E-state index in [9.17, 15) is 0 Å². The number of aryl methyl sites for hydroxylation is 1. The predicted molar refractivity (Wildman–Crippen MR) is 119 cm³/mol. The van der Waals surface area contributed by atoms with Crippen molar-refractivity contribution in [3.8, 4) is 0 Å². The van der Waals surface area contributed by atoms with E-state index in [1.807, 2.05) is 11.8 Å². The van der Waals surface area contributed by atoms with Crippen molar-refractivity contribution in [2.24, 2.45) is 11.8 Å². The smallest absolute Gasteiger partial charge is 0.0990 e. The fourth-order valence-electron chi connectivity index (χ4n) is 3.43. The van der Waals surface area contributed by atoms with Gasteiger partial charge < -0.3 is 0 Å². The maximum Gasteiger partial charge on any atom is 0.177 e. The molecule has 2 atom stereocenters. The Kier molecular flexibility index (Phi) is 10.0. The third kappa shape index (κ3) is 7.25. The highest BCUT2D eigenvalue weighted by atomic mass is 32.2. The van der Waals surface area contributed by atoms with Gasteiger partial charge in [0.2, 0.25) is 0 Å². The molecule has 1 aromatic rings. The van der Waals surface area contributed by atoms with Crippen LogP contribution in [0.1, 0.15) is 73.3 Å². The molecule has 0 aromatic heterocycles. The van der Waals surface area contributed by atoms with Crippen LogP contribution in [0.3, 0.4) is 0 Å². The summed E-state index contributed by atoms with van der Waals surface area (Å²) in [5.74, 6) is 2.89. The highest BCUT2D eigenvalue weighted by Crippen LogP contribution is 2.39. The van der Waals surface area contributed by atoms with Gasteiger partial charge in [0.15, 0.2) is 6.71 Å². The quantitative estimate of drug-likeness (QED) is 0.299. The summed E-state index contributed by atoms with van der Waals surface area (Å²) in [6.45, 7) is 19.6. The van der Waals surface area contributed by atoms with Crippen molar-refractivity contribution in [2.75, 3.05) is 0 Å². The number of unbranched alkanes of at least 4 members (excludes halogenated alkanes) is 1. The second kappa shape index (κ2) is 11.2. The normalized spacial score (nSPS) is 14.9. The average molecular weight is 358 g/mol. The van der Waals surface area contributed by atoms with Gasteiger partial charge in [0.05, 0.1) is 0 Å². The molecule has 0 aliphatic heterocycles. The zero-order chi connectivity index (χ0) is 19.0. The highest BCUT2D eigenvalue weighted by Gasteiger charge is 2.33. The standard InChI is InChI=1S/C23H39BS/c1-9-10-11-22(16-25-23-14-12-19(6)13-15-23)24(20(7)17(2)3)21(8)18(4)5/h12-18,20-21H,9-11H2,1-8H3/b22-16+. The first-order valence-corrected chi connectivity index (χ1v) is 11.1. The topological polar surface area (TPSA) is 0 Å². The van der Waals surface area contributed by atoms with Crippen LogP contribution in [0.25, 0.3) is 0 Å². The molecule has 0 nitrogen and oxygen atoms in total. The van der Waals surface area contributed by atoms with Crippen molar-refractivity contribution in [3.05, 3.63) is 40.7 Å². The lowest BCUT2D eigenvalue weighted by Gasteiger charge is -2.33. The Morgan fingerprint density at radius 1 is 0.960 bits per heavy atom. The van der Waals surface area contributed by atoms with E-state index in [2.05, 4.69) is 85.1 Å². The van der Waals surface area contributed by atoms with E-state index in [-0.39, 0.29) is 0 Å². The summed E-state index contributed by atoms with van der Waals surface area (Å²) in [4.78, 5) is 1.35. The molecule has 1 rings (SSSR count). The lowest BCUT2D eigenvalue weighted by molar-refractivity contribution is 0.562. The number of hydrogen-bond acceptors (Lipinski definition) is 1. The molecule has 0 amide bonds. The molecule has 0 N–H and O–H groups in total. The molecule has 2 unspecified atom stereocenters. The minimum Gasteiger partial charge on any atom is -0.0990 e. The van der Waals surface area contributed by atoms with Crippen LogP contribution in [0.5, 0.6) is 0 Å². The molecule has 0 radical (unpaired) electrons. The molecular formula is C23H39BS. The molecule has 0 aliphatic carbocycles. The fraction of sp³-hybridized carbons (Fsp3) is 0.652. The average Bonchev–Trinajstić information content (AvgIpc) is 2.57. The van der Waals surface area contributed by atoms with Crippen molar-refractivity contribution in [3.63, 3.8) is 0 Å². The molecule has 0 saturated carbocycles. The van der Waals surface area contributed by atoms with Crippen LogP contribution in [-0.2, 0) is 0 Å². The monoisotopic (exact) mass is 358 g/mol. The van der Waals surface area contributed by atoms with Crippen molar-refractivity contribution < 1.29 is 0 Å². The van der Waals surface area contributed by atoms with Crippen LogP contribution >= 0.6 is 11.8 Å². The van der Waals surface area contributed by atoms with E-state index >= 15 is 0 Å². The first kappa shape index (κ1) is 22.4. The van der Waals surface area contributed by atoms with Gasteiger partial charge in [-0.3, -0.25) is 0 Å². The van der Waals surface area contributed by atoms with Gasteiger partial charge in [-0.15, -0.1) is 0 Å². The summed E-state index contributed by atoms with van der Waals surface area (Å²) in [5.41, 5.74) is 3.01. The summed E-state index contributed by atoms with van der Waals surface area (Å²) >= 11 is 1.91. The van der Waals surface area contributed by atoms with Gasteiger partial charge in [0.25, 0.3) is 0 Å². The zero-order valence-electron chi connectivity index (χ0n) is 17.8. The van der Waals surface area contributed by atoms with Gasteiger partial charge in [0, 0.05) is 4.90 Å². The summed E-state index contributed by atoms with van der Waals surface area (Å²) in [6.07, 6.45) is 3.81. The van der Waals surface area contributed by atoms with Gasteiger partial charge in [0.1, 0.15) is 0 Å². The van der Waals surface area contributed by atoms with Gasteiger partial charge >= 0.3 is 0 Å². The van der Waals surface area contributed by atoms with E-state index in [0.29, 0.717) is 6.71 Å². The molecule has 0 heterocycles. The Hall–Kier alpha value is -0.625. The molecule has 0 fully saturated rings. The Bertz CT molecular complexity index is 501. The van der Waals surface area contributed by atoms with Crippen LogP contribution in [0.2, 0.25) is 11.6 Å². The molecule has 0 saturated heterocycles. The van der Waals surface area contributed by atoms with Crippen molar-refractivity contribution in [1.29, 1.82) is 0 Å². The number of rotatable bonds is 10. The number of hydrogen-bond donors (Lipinski definition) is 0. The van der Waals surface area contributed by atoms with E-state index < -0.39 is 0 Å². The summed E-state index contributed by atoms with van der Waals surface area (Å²) in [5, 5.41) is 2.49. The summed E-state index contributed by atoms with van der Waals surface area (Å²) in [6, 6.07) is 8.93. The molecule has 2 heteroatoms. The lowest BCUT2D eigenvalue weighted by atomic mass is 9.27. The zero-order valence-corrected chi connectivity index (χ0v) is 18.6. The Balaban J connectivity index is 3.11. The molecule has 0 spiro atoms. The Morgan fingerprint density at radius 2 is 1.48 bits per heavy atom. The minimum absolute atomic E-state index is 0.685. The van der Waals surface area contributed by atoms with E-state index in [1.54, 1.807) is 5.47 Å². The largest absolute Gasteiger partial charge is 0.177 e. The second-order valence-corrected chi connectivity index (χ2v) is 9.40. The Labute approximate surface area is 162 Å². The first-order valence-electron chi connectivity index (χ1n) is 10.2. The summed E-state index contributed by atoms with van der Waals surface area (Å²) < 4.78 is 0. The fourth-order valence-corrected chi connectivity index (χ4v) is 4.28. The number of thioether (sulfide) groups is 1. The highest BCUT2D eigenvalue weighted by molar-refractivity contribution is 8.02. The predicted octanol–water partition coefficient (Wildman–Crippen LogP) is 8.29. The number of benzene rings is 1. The SMILES string of the molecule is CCCC/C(=C\Sc1ccc(C)cc1)B(C(C)C(C)C)C(C)C(C)C. The maximum atomic E-state index is 2.49. The van der Waals surface area contributed by atoms with E-state index in [4.69, 9.17) is 0 Å². The van der Waals surface area contributed by atoms with Crippen molar-refractivity contribution in [2.45, 2.75) is 91.2 Å². The molecule has 1 aromatic carbocycles. The van der Waals surface area contributed by atoms with E-state index in [1.165, 1.54) is 29.7 Å². The first-order chi connectivity index (χ1) is 11.8. The third-order valence-corrected chi connectivity index (χ3v) is 6.82. The van der Waals surface area contributed by atoms with Gasteiger partial charge in [-0.1, -0.05) is 120 Å². The van der Waals surface area contributed by atoms with Gasteiger partial charge in [-0.25, -0.2) is 0 Å². The molecule has 25 heavy (non-hydrogen) atoms. The lowest BCUT2D eigenvalue weighted by Crippen LogP contribution is -2.32. The minimum atomic E-state index is 0.685. The van der Waals surface area contributed by atoms with Crippen molar-refractivity contribution >= 4 is 18.5 Å². The molecular weight excluding hydrogens is 319 g/mol. The Morgan fingerprint density at radius 3 is 1.92 bits per heavy atom. The molecule has 0 bridgehead atoms. The summed E-state index contributed by atoms with van der Waals surface area (Å²) in [7, 11) is 0. The van der Waals surface area contributed by atoms with Crippen LogP contribution < -0.4 is 0 Å². The third-order valence-electron chi connectivity index (χ3n) is 5.85. The van der Waals surface area contributed by atoms with Crippen molar-refractivity contribution in [1.82, 2.24) is 0 Å². The van der Waals surface area contributed by atoms with Crippen LogP contribution in [0.15, 0.2) is 40.0 Å². The van der Waals surface area contributed by atoms with Crippen LogP contribution in [0, 0.1) is 18.8 Å². The van der Waals surface area contributed by atoms with E-state index in [0.717, 1.165) is 23.5 Å². The molecule has 140 valence electrons. The van der Waals surface area contributed by atoms with Gasteiger partial charge in [-0.2, -0.15) is 0 Å². The van der Waals surface area contributed by atoms with Crippen LogP contribution in [0.4, 0.5) is 0 Å². The number of allylic oxidation sites excluding steroid dienone is 1. The van der Waals surface area contributed by atoms with Crippen LogP contribution in [-0.4, -0.2) is 6.71 Å².